The van der Waals surface area contributed by atoms with E-state index in [0.29, 0.717) is 11.4 Å². The van der Waals surface area contributed by atoms with E-state index in [9.17, 15) is 26.4 Å². The molecule has 0 radical (unpaired) electrons. The Morgan fingerprint density at radius 3 is 1.13 bits per heavy atom. The summed E-state index contributed by atoms with van der Waals surface area (Å²) in [6.07, 6.45) is 0. The lowest BCUT2D eigenvalue weighted by Gasteiger charge is -2.14. The van der Waals surface area contributed by atoms with E-state index >= 15 is 0 Å². The number of benzene rings is 5. The zero-order chi connectivity index (χ0) is 32.6. The van der Waals surface area contributed by atoms with Crippen molar-refractivity contribution in [1.82, 2.24) is 0 Å². The van der Waals surface area contributed by atoms with Crippen LogP contribution in [-0.2, 0) is 20.2 Å². The van der Waals surface area contributed by atoms with Crippen molar-refractivity contribution in [3.05, 3.63) is 133 Å². The Hall–Kier alpha value is -5.86. The molecule has 0 bridgehead atoms. The van der Waals surface area contributed by atoms with Gasteiger partial charge in [0.1, 0.15) is 21.3 Å². The molecule has 4 N–H and O–H groups in total. The minimum absolute atomic E-state index is 0.182. The maximum Gasteiger partial charge on any atom is 0.340 e. The third kappa shape index (κ3) is 8.40. The smallest absolute Gasteiger partial charge is 0.340 e. The number of nitrogens with one attached hydrogen (secondary N) is 4. The molecule has 0 aliphatic heterocycles. The topological polar surface area (TPSA) is 169 Å². The molecule has 46 heavy (non-hydrogen) atoms. The average molecular weight is 659 g/mol. The highest BCUT2D eigenvalue weighted by atomic mass is 32.2. The van der Waals surface area contributed by atoms with Gasteiger partial charge in [-0.25, -0.2) is 9.59 Å². The second kappa shape index (κ2) is 13.8. The Balaban J connectivity index is 1.29. The monoisotopic (exact) mass is 658 g/mol. The van der Waals surface area contributed by atoms with Gasteiger partial charge >= 0.3 is 32.3 Å². The van der Waals surface area contributed by atoms with Crippen LogP contribution in [0.25, 0.3) is 0 Å². The Morgan fingerprint density at radius 2 is 0.739 bits per heavy atom. The van der Waals surface area contributed by atoms with Gasteiger partial charge in [0.2, 0.25) is 0 Å². The van der Waals surface area contributed by atoms with Gasteiger partial charge in [-0.3, -0.25) is 0 Å². The molecule has 234 valence electrons. The molecule has 0 fully saturated rings. The van der Waals surface area contributed by atoms with Crippen LogP contribution in [-0.4, -0.2) is 28.9 Å². The largest absolute Gasteiger partial charge is 0.379 e. The van der Waals surface area contributed by atoms with Crippen molar-refractivity contribution >= 4 is 55.0 Å². The zero-order valence-corrected chi connectivity index (χ0v) is 25.4. The molecule has 0 aliphatic carbocycles. The van der Waals surface area contributed by atoms with Gasteiger partial charge in [-0.05, 0) is 60.7 Å². The molecule has 5 aromatic carbocycles. The highest BCUT2D eigenvalue weighted by molar-refractivity contribution is 7.90. The van der Waals surface area contributed by atoms with Gasteiger partial charge in [-0.2, -0.15) is 16.8 Å². The first kappa shape index (κ1) is 31.6. The SMILES string of the molecule is O=C(Nc1ccccc1)Nc1cccc(OS(=O)(=O)c2ccccc2S(=O)(=O)Oc2cccc(NC(=O)Nc3ccccc3)c2)c1. The molecule has 12 nitrogen and oxygen atoms in total. The van der Waals surface area contributed by atoms with E-state index in [1.807, 2.05) is 0 Å². The Labute approximate surface area is 265 Å². The second-order valence-corrected chi connectivity index (χ2v) is 12.5. The number of urea groups is 2. The summed E-state index contributed by atoms with van der Waals surface area (Å²) in [5.41, 5.74) is 1.53. The van der Waals surface area contributed by atoms with Crippen molar-refractivity contribution in [1.29, 1.82) is 0 Å². The lowest BCUT2D eigenvalue weighted by Crippen LogP contribution is -2.20. The molecule has 0 aliphatic rings. The third-order valence-electron chi connectivity index (χ3n) is 6.05. The second-order valence-electron chi connectivity index (χ2n) is 9.47. The summed E-state index contributed by atoms with van der Waals surface area (Å²) in [5, 5.41) is 10.4. The Morgan fingerprint density at radius 1 is 0.413 bits per heavy atom. The minimum Gasteiger partial charge on any atom is -0.379 e. The van der Waals surface area contributed by atoms with E-state index in [1.165, 1.54) is 60.7 Å². The first-order valence-electron chi connectivity index (χ1n) is 13.5. The van der Waals surface area contributed by atoms with E-state index in [2.05, 4.69) is 21.3 Å². The summed E-state index contributed by atoms with van der Waals surface area (Å²) in [5.74, 6) is -0.364. The number of para-hydroxylation sites is 2. The van der Waals surface area contributed by atoms with Crippen molar-refractivity contribution in [2.45, 2.75) is 9.79 Å². The summed E-state index contributed by atoms with van der Waals surface area (Å²) in [6, 6.07) is 32.2. The third-order valence-corrected chi connectivity index (χ3v) is 8.79. The van der Waals surface area contributed by atoms with E-state index in [-0.39, 0.29) is 22.9 Å². The first-order valence-corrected chi connectivity index (χ1v) is 16.3. The first-order chi connectivity index (χ1) is 22.1. The van der Waals surface area contributed by atoms with Crippen molar-refractivity contribution in [3.8, 4) is 11.5 Å². The number of hydrogen-bond acceptors (Lipinski definition) is 8. The number of carbonyl (C=O) groups excluding carboxylic acids is 2. The number of hydrogen-bond donors (Lipinski definition) is 4. The van der Waals surface area contributed by atoms with Gasteiger partial charge in [0, 0.05) is 34.9 Å². The highest BCUT2D eigenvalue weighted by Gasteiger charge is 2.29. The van der Waals surface area contributed by atoms with Crippen LogP contribution in [0.3, 0.4) is 0 Å². The summed E-state index contributed by atoms with van der Waals surface area (Å²) in [7, 11) is -9.44. The van der Waals surface area contributed by atoms with E-state index in [0.717, 1.165) is 12.1 Å². The van der Waals surface area contributed by atoms with Crippen molar-refractivity contribution in [2.24, 2.45) is 0 Å². The molecule has 5 rings (SSSR count). The molecule has 0 unspecified atom stereocenters. The van der Waals surface area contributed by atoms with Crippen LogP contribution >= 0.6 is 0 Å². The van der Waals surface area contributed by atoms with Crippen molar-refractivity contribution in [3.63, 3.8) is 0 Å². The Kier molecular flexibility index (Phi) is 9.50. The molecule has 0 saturated carbocycles. The van der Waals surface area contributed by atoms with Crippen molar-refractivity contribution in [2.75, 3.05) is 21.3 Å². The fourth-order valence-electron chi connectivity index (χ4n) is 4.09. The van der Waals surface area contributed by atoms with E-state index < -0.39 is 42.1 Å². The van der Waals surface area contributed by atoms with Gasteiger partial charge < -0.3 is 29.6 Å². The van der Waals surface area contributed by atoms with Crippen LogP contribution in [0.15, 0.2) is 143 Å². The summed E-state index contributed by atoms with van der Waals surface area (Å²) >= 11 is 0. The highest BCUT2D eigenvalue weighted by Crippen LogP contribution is 2.29. The maximum absolute atomic E-state index is 13.3. The summed E-state index contributed by atoms with van der Waals surface area (Å²) in [6.45, 7) is 0. The molecular formula is C32H26N4O8S2. The standard InChI is InChI=1S/C32H26N4O8S2/c37-31(33-23-11-3-1-4-12-23)35-25-15-9-17-27(21-25)43-45(39,40)29-19-7-8-20-30(29)46(41,42)44-28-18-10-16-26(22-28)36-32(38)34-24-13-5-2-6-14-24/h1-22H,(H2,33,35,37)(H2,34,36,38). The van der Waals surface area contributed by atoms with Crippen LogP contribution in [0.2, 0.25) is 0 Å². The molecule has 5 aromatic rings. The van der Waals surface area contributed by atoms with Crippen LogP contribution in [0.1, 0.15) is 0 Å². The number of rotatable bonds is 10. The number of amides is 4. The molecule has 0 atom stereocenters. The van der Waals surface area contributed by atoms with Gasteiger partial charge in [-0.15, -0.1) is 0 Å². The van der Waals surface area contributed by atoms with Gasteiger partial charge in [0.15, 0.2) is 0 Å². The van der Waals surface area contributed by atoms with Crippen LogP contribution in [0, 0.1) is 0 Å². The molecule has 0 saturated heterocycles. The molecular weight excluding hydrogens is 633 g/mol. The van der Waals surface area contributed by atoms with Crippen LogP contribution in [0.4, 0.5) is 32.3 Å². The summed E-state index contributed by atoms with van der Waals surface area (Å²) < 4.78 is 63.8. The lowest BCUT2D eigenvalue weighted by atomic mass is 10.3. The van der Waals surface area contributed by atoms with Gasteiger partial charge in [0.25, 0.3) is 0 Å². The van der Waals surface area contributed by atoms with E-state index in [4.69, 9.17) is 8.37 Å². The fourth-order valence-corrected chi connectivity index (χ4v) is 6.71. The Bertz CT molecular complexity index is 1930. The molecule has 0 spiro atoms. The quantitative estimate of drug-likeness (QED) is 0.123. The summed E-state index contributed by atoms with van der Waals surface area (Å²) in [4.78, 5) is 23.4. The lowest BCUT2D eigenvalue weighted by molar-refractivity contribution is 0.261. The molecule has 0 aromatic heterocycles. The van der Waals surface area contributed by atoms with Crippen LogP contribution in [0.5, 0.6) is 11.5 Å². The van der Waals surface area contributed by atoms with Gasteiger partial charge in [-0.1, -0.05) is 60.7 Å². The van der Waals surface area contributed by atoms with Crippen molar-refractivity contribution < 1.29 is 34.8 Å². The average Bonchev–Trinajstić information content (AvgIpc) is 3.02. The van der Waals surface area contributed by atoms with Crippen LogP contribution < -0.4 is 29.6 Å². The fraction of sp³-hybridized carbons (Fsp3) is 0. The maximum atomic E-state index is 13.3. The zero-order valence-electron chi connectivity index (χ0n) is 23.8. The normalized spacial score (nSPS) is 11.1. The predicted octanol–water partition coefficient (Wildman–Crippen LogP) is 6.51. The molecule has 4 amide bonds. The molecule has 0 heterocycles. The predicted molar refractivity (Wildman–Crippen MR) is 173 cm³/mol. The minimum atomic E-state index is -4.72. The van der Waals surface area contributed by atoms with Gasteiger partial charge in [0.05, 0.1) is 0 Å². The molecule has 14 heteroatoms. The number of carbonyl (C=O) groups is 2. The number of anilines is 4. The van der Waals surface area contributed by atoms with E-state index in [1.54, 1.807) is 60.7 Å².